The third-order valence-electron chi connectivity index (χ3n) is 4.55. The van der Waals surface area contributed by atoms with Crippen molar-refractivity contribution in [2.24, 2.45) is 13.0 Å². The third kappa shape index (κ3) is 3.50. The van der Waals surface area contributed by atoms with Crippen molar-refractivity contribution in [3.05, 3.63) is 42.3 Å². The Morgan fingerprint density at radius 3 is 2.68 bits per heavy atom. The van der Waals surface area contributed by atoms with Crippen molar-refractivity contribution >= 4 is 30.9 Å². The van der Waals surface area contributed by atoms with Gasteiger partial charge in [0.05, 0.1) is 0 Å². The zero-order valence-electron chi connectivity index (χ0n) is 13.9. The number of aromatic nitrogens is 1. The Hall–Kier alpha value is -1.68. The first-order valence-electron chi connectivity index (χ1n) is 7.91. The summed E-state index contributed by atoms with van der Waals surface area (Å²) in [5.41, 5.74) is 0.857. The van der Waals surface area contributed by atoms with Gasteiger partial charge in [-0.15, -0.1) is 0 Å². The van der Waals surface area contributed by atoms with Crippen LogP contribution in [0.3, 0.4) is 0 Å². The molecule has 1 atom stereocenters. The van der Waals surface area contributed by atoms with Crippen LogP contribution < -0.4 is 4.72 Å². The second-order valence-corrected chi connectivity index (χ2v) is 9.78. The largest absolute Gasteiger partial charge is 0.334 e. The van der Waals surface area contributed by atoms with Crippen molar-refractivity contribution in [3.63, 3.8) is 0 Å². The maximum atomic E-state index is 13.0. The summed E-state index contributed by atoms with van der Waals surface area (Å²) in [6, 6.07) is 9.18. The quantitative estimate of drug-likeness (QED) is 0.813. The van der Waals surface area contributed by atoms with E-state index in [1.165, 1.54) is 4.31 Å². The highest BCUT2D eigenvalue weighted by Crippen LogP contribution is 2.28. The van der Waals surface area contributed by atoms with Crippen LogP contribution in [0.2, 0.25) is 0 Å². The topological polar surface area (TPSA) is 88.5 Å². The molecule has 7 nitrogen and oxygen atoms in total. The maximum Gasteiger partial charge on any atom is 0.258 e. The molecule has 1 aliphatic rings. The number of benzene rings is 1. The molecule has 1 aromatic carbocycles. The molecule has 0 saturated carbocycles. The normalized spacial score (nSPS) is 19.5. The molecule has 1 N–H and O–H groups in total. The highest BCUT2D eigenvalue weighted by molar-refractivity contribution is 7.92. The fourth-order valence-electron chi connectivity index (χ4n) is 3.12. The second kappa shape index (κ2) is 6.56. The summed E-state index contributed by atoms with van der Waals surface area (Å²) in [7, 11) is -5.38. The van der Waals surface area contributed by atoms with E-state index in [1.807, 2.05) is 24.3 Å². The first-order valence-corrected chi connectivity index (χ1v) is 10.9. The first-order chi connectivity index (χ1) is 11.7. The molecule has 0 bridgehead atoms. The van der Waals surface area contributed by atoms with Gasteiger partial charge in [-0.1, -0.05) is 24.8 Å². The second-order valence-electron chi connectivity index (χ2n) is 6.18. The molecule has 1 aliphatic heterocycles. The van der Waals surface area contributed by atoms with Crippen LogP contribution in [0.4, 0.5) is 0 Å². The van der Waals surface area contributed by atoms with Crippen LogP contribution in [0.5, 0.6) is 0 Å². The van der Waals surface area contributed by atoms with E-state index < -0.39 is 20.0 Å². The summed E-state index contributed by atoms with van der Waals surface area (Å²) in [6.07, 6.45) is 0.614. The molecule has 2 aromatic rings. The molecule has 1 aromatic heterocycles. The molecule has 0 spiro atoms. The lowest BCUT2D eigenvalue weighted by atomic mass is 10.1. The number of nitrogens with one attached hydrogen (secondary N) is 1. The number of aryl methyl sites for hydroxylation is 1. The standard InChI is InChI=1S/C16H21N3O4S2/c1-3-24(20,21)17-11-13-8-9-19(12-13)25(22,23)16-10-14-6-4-5-7-15(14)18(16)2/h3-7,10,13,17H,1,8-9,11-12H2,2H3. The molecule has 1 fully saturated rings. The Morgan fingerprint density at radius 2 is 2.00 bits per heavy atom. The average molecular weight is 383 g/mol. The van der Waals surface area contributed by atoms with E-state index in [9.17, 15) is 16.8 Å². The minimum absolute atomic E-state index is 0.0563. The van der Waals surface area contributed by atoms with Gasteiger partial charge in [0.15, 0.2) is 5.03 Å². The van der Waals surface area contributed by atoms with Crippen molar-refractivity contribution in [3.8, 4) is 0 Å². The molecule has 0 amide bonds. The first kappa shape index (κ1) is 18.1. The van der Waals surface area contributed by atoms with Gasteiger partial charge in [-0.05, 0) is 24.5 Å². The van der Waals surface area contributed by atoms with Crippen molar-refractivity contribution in [1.29, 1.82) is 0 Å². The van der Waals surface area contributed by atoms with Gasteiger partial charge >= 0.3 is 0 Å². The molecule has 1 saturated heterocycles. The molecular weight excluding hydrogens is 362 g/mol. The zero-order valence-corrected chi connectivity index (χ0v) is 15.6. The van der Waals surface area contributed by atoms with Crippen molar-refractivity contribution in [1.82, 2.24) is 13.6 Å². The van der Waals surface area contributed by atoms with Crippen LogP contribution in [0.15, 0.2) is 47.3 Å². The number of fused-ring (bicyclic) bond motifs is 1. The SMILES string of the molecule is C=CS(=O)(=O)NCC1CCN(S(=O)(=O)c2cc3ccccc3n2C)C1. The molecular formula is C16H21N3O4S2. The third-order valence-corrected chi connectivity index (χ3v) is 7.49. The molecule has 9 heteroatoms. The Kier molecular flexibility index (Phi) is 4.76. The van der Waals surface area contributed by atoms with E-state index >= 15 is 0 Å². The number of nitrogens with zero attached hydrogens (tertiary/aromatic N) is 2. The molecule has 136 valence electrons. The van der Waals surface area contributed by atoms with Crippen LogP contribution in [0.25, 0.3) is 10.9 Å². The predicted octanol–water partition coefficient (Wildman–Crippen LogP) is 1.25. The van der Waals surface area contributed by atoms with E-state index in [-0.39, 0.29) is 17.5 Å². The lowest BCUT2D eigenvalue weighted by Crippen LogP contribution is -2.33. The number of hydrogen-bond donors (Lipinski definition) is 1. The molecule has 3 rings (SSSR count). The van der Waals surface area contributed by atoms with Gasteiger partial charge in [-0.3, -0.25) is 0 Å². The number of hydrogen-bond acceptors (Lipinski definition) is 4. The zero-order chi connectivity index (χ0) is 18.2. The lowest BCUT2D eigenvalue weighted by Gasteiger charge is -2.17. The van der Waals surface area contributed by atoms with Crippen LogP contribution in [-0.2, 0) is 27.1 Å². The average Bonchev–Trinajstić information content (AvgIpc) is 3.19. The molecule has 0 aliphatic carbocycles. The fourth-order valence-corrected chi connectivity index (χ4v) is 5.44. The highest BCUT2D eigenvalue weighted by atomic mass is 32.2. The van der Waals surface area contributed by atoms with Gasteiger partial charge in [0.25, 0.3) is 10.0 Å². The Labute approximate surface area is 148 Å². The van der Waals surface area contributed by atoms with E-state index in [1.54, 1.807) is 17.7 Å². The number of rotatable bonds is 6. The summed E-state index contributed by atoms with van der Waals surface area (Å²) < 4.78 is 54.4. The molecule has 1 unspecified atom stereocenters. The van der Waals surface area contributed by atoms with Gasteiger partial charge in [0.2, 0.25) is 10.0 Å². The monoisotopic (exact) mass is 383 g/mol. The molecule has 25 heavy (non-hydrogen) atoms. The van der Waals surface area contributed by atoms with Crippen molar-refractivity contribution in [2.75, 3.05) is 19.6 Å². The molecule has 2 heterocycles. The van der Waals surface area contributed by atoms with Crippen LogP contribution in [0.1, 0.15) is 6.42 Å². The van der Waals surface area contributed by atoms with Gasteiger partial charge < -0.3 is 4.57 Å². The van der Waals surface area contributed by atoms with Crippen LogP contribution >= 0.6 is 0 Å². The summed E-state index contributed by atoms with van der Waals surface area (Å²) in [5, 5.41) is 1.98. The van der Waals surface area contributed by atoms with Gasteiger partial charge in [-0.25, -0.2) is 21.6 Å². The highest BCUT2D eigenvalue weighted by Gasteiger charge is 2.34. The Bertz CT molecular complexity index is 1010. The maximum absolute atomic E-state index is 13.0. The predicted molar refractivity (Wildman–Crippen MR) is 96.9 cm³/mol. The number of sulfonamides is 2. The van der Waals surface area contributed by atoms with Crippen LogP contribution in [-0.4, -0.2) is 45.3 Å². The fraction of sp³-hybridized carbons (Fsp3) is 0.375. The summed E-state index contributed by atoms with van der Waals surface area (Å²) in [5.74, 6) is -0.0563. The number of para-hydroxylation sites is 1. The Morgan fingerprint density at radius 1 is 1.28 bits per heavy atom. The van der Waals surface area contributed by atoms with Gasteiger partial charge in [0, 0.05) is 43.0 Å². The minimum atomic E-state index is -3.62. The summed E-state index contributed by atoms with van der Waals surface area (Å²) in [6.45, 7) is 4.12. The minimum Gasteiger partial charge on any atom is -0.334 e. The van der Waals surface area contributed by atoms with E-state index in [0.29, 0.717) is 19.5 Å². The van der Waals surface area contributed by atoms with E-state index in [0.717, 1.165) is 16.3 Å². The molecule has 0 radical (unpaired) electrons. The van der Waals surface area contributed by atoms with Gasteiger partial charge in [-0.2, -0.15) is 4.31 Å². The van der Waals surface area contributed by atoms with Gasteiger partial charge in [0.1, 0.15) is 0 Å². The van der Waals surface area contributed by atoms with Crippen molar-refractivity contribution in [2.45, 2.75) is 11.4 Å². The van der Waals surface area contributed by atoms with Crippen molar-refractivity contribution < 1.29 is 16.8 Å². The van der Waals surface area contributed by atoms with E-state index in [2.05, 4.69) is 11.3 Å². The smallest absolute Gasteiger partial charge is 0.258 e. The van der Waals surface area contributed by atoms with E-state index in [4.69, 9.17) is 0 Å². The van der Waals surface area contributed by atoms with Crippen LogP contribution in [0, 0.1) is 5.92 Å². The Balaban J connectivity index is 1.79. The summed E-state index contributed by atoms with van der Waals surface area (Å²) >= 11 is 0. The summed E-state index contributed by atoms with van der Waals surface area (Å²) in [4.78, 5) is 0. The lowest BCUT2D eigenvalue weighted by molar-refractivity contribution is 0.450.